The lowest BCUT2D eigenvalue weighted by atomic mass is 9.83. The minimum Gasteiger partial charge on any atom is -0.455 e. The molecule has 348 valence electrons. The van der Waals surface area contributed by atoms with Crippen LogP contribution in [0.5, 0.6) is 0 Å². The molecule has 12 rings (SSSR count). The average Bonchev–Trinajstić information content (AvgIpc) is 4.03. The van der Waals surface area contributed by atoms with Gasteiger partial charge < -0.3 is 4.42 Å². The van der Waals surface area contributed by atoms with E-state index in [0.717, 1.165) is 88.6 Å². The Balaban J connectivity index is 1.32. The predicted molar refractivity (Wildman–Crippen MR) is 285 cm³/mol. The van der Waals surface area contributed by atoms with Crippen LogP contribution in [0.25, 0.3) is 83.6 Å². The predicted octanol–water partition coefficient (Wildman–Crippen LogP) is 15.2. The molecule has 0 saturated carbocycles. The number of benzene rings is 7. The third-order valence-electron chi connectivity index (χ3n) is 15.6. The van der Waals surface area contributed by atoms with Crippen LogP contribution in [-0.2, 0) is 11.1 Å². The van der Waals surface area contributed by atoms with Crippen LogP contribution in [0.1, 0.15) is 86.4 Å². The Kier molecular flexibility index (Phi) is 9.25. The monoisotopic (exact) mass is 940 g/mol. The minimum absolute atomic E-state index is 0.295. The molecule has 10 aromatic rings. The van der Waals surface area contributed by atoms with Gasteiger partial charge in [-0.15, -0.1) is 9.13 Å². The van der Waals surface area contributed by atoms with Crippen LogP contribution in [0, 0.1) is 39.3 Å². The summed E-state index contributed by atoms with van der Waals surface area (Å²) in [7, 11) is -2.22. The molecule has 7 heteroatoms. The molecule has 70 heavy (non-hydrogen) atoms. The fraction of sp³-hybridized carbons (Fsp3) is 0.238. The van der Waals surface area contributed by atoms with Crippen molar-refractivity contribution in [2.24, 2.45) is 0 Å². The number of hydrogen-bond donors (Lipinski definition) is 0. The molecule has 0 fully saturated rings. The number of halogens is 2. The lowest BCUT2D eigenvalue weighted by Gasteiger charge is -2.25. The first-order valence-corrected chi connectivity index (χ1v) is 28.1. The first kappa shape index (κ1) is 43.1. The summed E-state index contributed by atoms with van der Waals surface area (Å²) in [6, 6.07) is 43.6. The van der Waals surface area contributed by atoms with Crippen molar-refractivity contribution in [2.75, 3.05) is 0 Å². The first-order chi connectivity index (χ1) is 33.6. The molecule has 1 spiro atoms. The highest BCUT2D eigenvalue weighted by atomic mass is 28.3. The molecule has 0 radical (unpaired) electrons. The Morgan fingerprint density at radius 1 is 0.700 bits per heavy atom. The molecule has 1 unspecified atom stereocenters. The molecular formula is C63H59F2N3OSi+2. The summed E-state index contributed by atoms with van der Waals surface area (Å²) in [6.07, 6.45) is 2.25. The number of para-hydroxylation sites is 1. The molecule has 2 aliphatic heterocycles. The molecule has 0 bridgehead atoms. The van der Waals surface area contributed by atoms with Gasteiger partial charge in [0, 0.05) is 40.6 Å². The SMILES string of the molecule is [2H]C(C)(C)c1cc2[n+](cc1[Si](C)(C)C)C1(c3ccc(C)c(F)c3-2)c2ccc3c(oc4cc(-c5cc(C)c(C)c(C)c5)ccc43)c2-c2n(-c3c(-c4ccccc4)cccc3C(C)(C)C)c3cc(F)ccc3[n+]21. The van der Waals surface area contributed by atoms with Gasteiger partial charge in [-0.05, 0) is 126 Å². The van der Waals surface area contributed by atoms with Crippen molar-refractivity contribution in [2.45, 2.75) is 98.9 Å². The molecule has 4 nitrogen and oxygen atoms in total. The number of rotatable bonds is 5. The summed E-state index contributed by atoms with van der Waals surface area (Å²) in [5.41, 5.74) is 16.5. The fourth-order valence-electron chi connectivity index (χ4n) is 11.9. The molecular weight excluding hydrogens is 881 g/mol. The van der Waals surface area contributed by atoms with Gasteiger partial charge in [-0.3, -0.25) is 0 Å². The van der Waals surface area contributed by atoms with E-state index >= 15 is 8.78 Å². The molecule has 2 aliphatic rings. The van der Waals surface area contributed by atoms with Crippen LogP contribution in [0.2, 0.25) is 19.6 Å². The molecule has 3 aromatic heterocycles. The zero-order valence-electron chi connectivity index (χ0n) is 43.2. The van der Waals surface area contributed by atoms with E-state index in [1.165, 1.54) is 16.7 Å². The maximum Gasteiger partial charge on any atom is 0.365 e. The smallest absolute Gasteiger partial charge is 0.365 e. The van der Waals surface area contributed by atoms with Crippen molar-refractivity contribution < 1.29 is 23.7 Å². The van der Waals surface area contributed by atoms with Gasteiger partial charge in [0.15, 0.2) is 22.8 Å². The number of pyridine rings is 1. The van der Waals surface area contributed by atoms with E-state index in [1.54, 1.807) is 12.1 Å². The Bertz CT molecular complexity index is 3930. The third-order valence-corrected chi connectivity index (χ3v) is 17.6. The van der Waals surface area contributed by atoms with Gasteiger partial charge in [0.25, 0.3) is 0 Å². The molecule has 7 aromatic carbocycles. The summed E-state index contributed by atoms with van der Waals surface area (Å²) >= 11 is 0. The number of imidazole rings is 1. The Hall–Kier alpha value is -6.96. The summed E-state index contributed by atoms with van der Waals surface area (Å²) in [5.74, 6) is -0.826. The summed E-state index contributed by atoms with van der Waals surface area (Å²) in [5, 5.41) is 3.06. The van der Waals surface area contributed by atoms with Crippen LogP contribution in [0.3, 0.4) is 0 Å². The van der Waals surface area contributed by atoms with Gasteiger partial charge in [0.1, 0.15) is 28.5 Å². The minimum atomic E-state index is -2.22. The lowest BCUT2D eigenvalue weighted by Crippen LogP contribution is -2.72. The van der Waals surface area contributed by atoms with E-state index in [4.69, 9.17) is 4.42 Å². The number of nitrogens with zero attached hydrogens (tertiary/aromatic N) is 3. The zero-order valence-corrected chi connectivity index (χ0v) is 43.2. The molecule has 0 amide bonds. The van der Waals surface area contributed by atoms with Crippen LogP contribution in [0.4, 0.5) is 8.78 Å². The molecule has 0 saturated heterocycles. The summed E-state index contributed by atoms with van der Waals surface area (Å²) in [6.45, 7) is 25.8. The maximum atomic E-state index is 17.7. The van der Waals surface area contributed by atoms with Crippen molar-refractivity contribution in [1.29, 1.82) is 0 Å². The van der Waals surface area contributed by atoms with Crippen molar-refractivity contribution >= 4 is 46.2 Å². The third kappa shape index (κ3) is 6.03. The highest BCUT2D eigenvalue weighted by molar-refractivity contribution is 6.89. The average molecular weight is 941 g/mol. The Morgan fingerprint density at radius 2 is 1.40 bits per heavy atom. The number of fused-ring (bicyclic) bond motifs is 16. The van der Waals surface area contributed by atoms with Crippen molar-refractivity contribution in [3.8, 4) is 50.6 Å². The van der Waals surface area contributed by atoms with E-state index in [1.807, 2.05) is 39.0 Å². The number of furan rings is 1. The first-order valence-electron chi connectivity index (χ1n) is 25.1. The van der Waals surface area contributed by atoms with Crippen LogP contribution in [-0.4, -0.2) is 12.6 Å². The van der Waals surface area contributed by atoms with Gasteiger partial charge in [-0.2, -0.15) is 4.57 Å². The van der Waals surface area contributed by atoms with Gasteiger partial charge in [0.2, 0.25) is 5.69 Å². The largest absolute Gasteiger partial charge is 0.455 e. The normalized spacial score (nSPS) is 15.5. The van der Waals surface area contributed by atoms with Gasteiger partial charge in [0.05, 0.1) is 24.8 Å². The number of aryl methyl sites for hydroxylation is 3. The maximum absolute atomic E-state index is 17.7. The fourth-order valence-corrected chi connectivity index (χ4v) is 13.6. The Labute approximate surface area is 411 Å². The van der Waals surface area contributed by atoms with Crippen LogP contribution >= 0.6 is 0 Å². The van der Waals surface area contributed by atoms with Gasteiger partial charge in [-0.25, -0.2) is 8.78 Å². The van der Waals surface area contributed by atoms with E-state index in [9.17, 15) is 1.37 Å². The van der Waals surface area contributed by atoms with E-state index < -0.39 is 19.6 Å². The summed E-state index contributed by atoms with van der Waals surface area (Å²) in [4.78, 5) is 0. The van der Waals surface area contributed by atoms with Gasteiger partial charge in [-0.1, -0.05) is 127 Å². The van der Waals surface area contributed by atoms with Crippen molar-refractivity contribution in [3.05, 3.63) is 190 Å². The van der Waals surface area contributed by atoms with E-state index in [2.05, 4.69) is 178 Å². The van der Waals surface area contributed by atoms with Crippen molar-refractivity contribution in [3.63, 3.8) is 0 Å². The second kappa shape index (κ2) is 15.0. The van der Waals surface area contributed by atoms with Crippen LogP contribution in [0.15, 0.2) is 138 Å². The topological polar surface area (TPSA) is 25.8 Å². The number of aromatic nitrogens is 3. The zero-order chi connectivity index (χ0) is 50.0. The molecule has 0 aliphatic carbocycles. The van der Waals surface area contributed by atoms with E-state index in [0.29, 0.717) is 27.9 Å². The highest BCUT2D eigenvalue weighted by Gasteiger charge is 2.68. The van der Waals surface area contributed by atoms with Crippen LogP contribution < -0.4 is 14.3 Å². The Morgan fingerprint density at radius 3 is 2.10 bits per heavy atom. The highest BCUT2D eigenvalue weighted by Crippen LogP contribution is 2.54. The van der Waals surface area contributed by atoms with Crippen molar-refractivity contribution in [1.82, 2.24) is 4.57 Å². The lowest BCUT2D eigenvalue weighted by molar-refractivity contribution is -0.944. The number of hydrogen-bond acceptors (Lipinski definition) is 1. The second-order valence-corrected chi connectivity index (χ2v) is 27.3. The summed E-state index contributed by atoms with van der Waals surface area (Å²) < 4.78 is 58.1. The quantitative estimate of drug-likeness (QED) is 0.125. The molecule has 5 heterocycles. The molecule has 1 atom stereocenters. The second-order valence-electron chi connectivity index (χ2n) is 22.3. The molecule has 0 N–H and O–H groups in total. The van der Waals surface area contributed by atoms with Gasteiger partial charge >= 0.3 is 11.5 Å². The van der Waals surface area contributed by atoms with E-state index in [-0.39, 0.29) is 17.0 Å². The standard InChI is InChI=1S/C63H59F2N3OSi/c1-35(2)47-33-53-56-48(26-21-36(3)58(56)65)63(66(53)34-55(47)70(10,11)12)49-27-25-46-45-24-22-41(42-29-37(4)39(6)38(5)30-42)31-54(45)69-60(46)57(49)61-67(52-32-43(64)23-28-51(52)68(61)63)59-44(40-17-14-13-15-18-40)19-16-20-50(59)62(7,8)9/h13-35H,1-12H3/q+2/i35D.